The van der Waals surface area contributed by atoms with Crippen molar-refractivity contribution >= 4 is 17.9 Å². The van der Waals surface area contributed by atoms with Gasteiger partial charge in [-0.25, -0.2) is 0 Å². The fraction of sp³-hybridized carbons (Fsp3) is 0.250. The Balaban J connectivity index is 0.000000711. The van der Waals surface area contributed by atoms with Crippen LogP contribution in [0, 0.1) is 0 Å². The topological polar surface area (TPSA) is 140 Å². The Morgan fingerprint density at radius 3 is 2.21 bits per heavy atom. The highest BCUT2D eigenvalue weighted by Crippen LogP contribution is 1.99. The molecule has 1 aromatic rings. The van der Waals surface area contributed by atoms with Crippen molar-refractivity contribution in [3.63, 3.8) is 0 Å². The van der Waals surface area contributed by atoms with Crippen LogP contribution in [0.5, 0.6) is 0 Å². The lowest BCUT2D eigenvalue weighted by molar-refractivity contribution is -0.134. The highest BCUT2D eigenvalue weighted by atomic mass is 16.4. The fourth-order valence-electron chi connectivity index (χ4n) is 1.11. The minimum atomic E-state index is -0.833. The van der Waals surface area contributed by atoms with Crippen LogP contribution in [-0.2, 0) is 11.2 Å². The van der Waals surface area contributed by atoms with Crippen molar-refractivity contribution in [2.45, 2.75) is 13.3 Å². The van der Waals surface area contributed by atoms with Gasteiger partial charge in [0.05, 0.1) is 0 Å². The zero-order valence-electron chi connectivity index (χ0n) is 10.8. The van der Waals surface area contributed by atoms with Crippen LogP contribution in [0.3, 0.4) is 0 Å². The van der Waals surface area contributed by atoms with Gasteiger partial charge in [0, 0.05) is 13.5 Å². The fourth-order valence-corrected chi connectivity index (χ4v) is 1.11. The van der Waals surface area contributed by atoms with Gasteiger partial charge in [-0.1, -0.05) is 30.3 Å². The van der Waals surface area contributed by atoms with E-state index in [9.17, 15) is 0 Å². The van der Waals surface area contributed by atoms with Gasteiger partial charge in [0.2, 0.25) is 5.96 Å². The van der Waals surface area contributed by atoms with E-state index in [2.05, 4.69) is 9.98 Å². The standard InChI is InChI=1S/C10H15N5.C2H4O2/c11-9(12)15-10(13)14-7-6-8-4-2-1-3-5-8;1-2(3)4/h1-5H,6-7H2,(H6,11,12,13,14,15);1H3,(H,3,4). The molecule has 0 aliphatic carbocycles. The summed E-state index contributed by atoms with van der Waals surface area (Å²) in [5.41, 5.74) is 16.9. The molecule has 0 aromatic heterocycles. The van der Waals surface area contributed by atoms with Gasteiger partial charge in [0.25, 0.3) is 5.97 Å². The van der Waals surface area contributed by atoms with Crippen LogP contribution in [0.1, 0.15) is 12.5 Å². The molecule has 0 saturated carbocycles. The second-order valence-electron chi connectivity index (χ2n) is 3.53. The average Bonchev–Trinajstić information content (AvgIpc) is 2.28. The Kier molecular flexibility index (Phi) is 8.18. The first-order valence-corrected chi connectivity index (χ1v) is 5.55. The summed E-state index contributed by atoms with van der Waals surface area (Å²) in [5.74, 6) is -0.790. The van der Waals surface area contributed by atoms with Gasteiger partial charge in [-0.15, -0.1) is 0 Å². The third kappa shape index (κ3) is 11.7. The van der Waals surface area contributed by atoms with Gasteiger partial charge in [-0.3, -0.25) is 9.79 Å². The van der Waals surface area contributed by atoms with Gasteiger partial charge >= 0.3 is 0 Å². The third-order valence-corrected chi connectivity index (χ3v) is 1.76. The molecule has 0 atom stereocenters. The van der Waals surface area contributed by atoms with E-state index in [1.165, 1.54) is 5.56 Å². The normalized spacial score (nSPS) is 10.1. The van der Waals surface area contributed by atoms with E-state index in [1.54, 1.807) is 0 Å². The molecule has 7 heteroatoms. The highest BCUT2D eigenvalue weighted by Gasteiger charge is 1.91. The lowest BCUT2D eigenvalue weighted by Crippen LogP contribution is -2.26. The first-order valence-electron chi connectivity index (χ1n) is 5.55. The minimum absolute atomic E-state index is 0.0732. The number of guanidine groups is 2. The molecule has 1 rings (SSSR count). The molecule has 1 aromatic carbocycles. The molecule has 7 N–H and O–H groups in total. The van der Waals surface area contributed by atoms with Gasteiger partial charge in [0.15, 0.2) is 5.96 Å². The largest absolute Gasteiger partial charge is 0.481 e. The van der Waals surface area contributed by atoms with Gasteiger partial charge in [-0.2, -0.15) is 4.99 Å². The lowest BCUT2D eigenvalue weighted by Gasteiger charge is -1.97. The monoisotopic (exact) mass is 265 g/mol. The molecular weight excluding hydrogens is 246 g/mol. The Morgan fingerprint density at radius 1 is 1.21 bits per heavy atom. The van der Waals surface area contributed by atoms with Crippen molar-refractivity contribution in [2.75, 3.05) is 6.54 Å². The zero-order valence-corrected chi connectivity index (χ0v) is 10.8. The van der Waals surface area contributed by atoms with Crippen molar-refractivity contribution in [3.05, 3.63) is 35.9 Å². The van der Waals surface area contributed by atoms with E-state index in [1.807, 2.05) is 30.3 Å². The Labute approximate surface area is 111 Å². The van der Waals surface area contributed by atoms with Crippen LogP contribution in [-0.4, -0.2) is 29.5 Å². The second-order valence-corrected chi connectivity index (χ2v) is 3.53. The van der Waals surface area contributed by atoms with Crippen molar-refractivity contribution < 1.29 is 9.90 Å². The summed E-state index contributed by atoms with van der Waals surface area (Å²) >= 11 is 0. The lowest BCUT2D eigenvalue weighted by atomic mass is 10.2. The van der Waals surface area contributed by atoms with Gasteiger partial charge < -0.3 is 22.3 Å². The SMILES string of the molecule is CC(=O)O.NC(N)=NC(N)=NCCc1ccccc1. The van der Waals surface area contributed by atoms with E-state index < -0.39 is 5.97 Å². The summed E-state index contributed by atoms with van der Waals surface area (Å²) in [5, 5.41) is 7.42. The Morgan fingerprint density at radius 2 is 1.74 bits per heavy atom. The van der Waals surface area contributed by atoms with Crippen LogP contribution >= 0.6 is 0 Å². The molecule has 0 spiro atoms. The number of carboxylic acids is 1. The number of hydrogen-bond donors (Lipinski definition) is 4. The summed E-state index contributed by atoms with van der Waals surface area (Å²) in [6, 6.07) is 10.0. The molecule has 0 bridgehead atoms. The van der Waals surface area contributed by atoms with Crippen LogP contribution in [0.25, 0.3) is 0 Å². The first-order chi connectivity index (χ1) is 8.91. The van der Waals surface area contributed by atoms with Crippen molar-refractivity contribution in [3.8, 4) is 0 Å². The van der Waals surface area contributed by atoms with Crippen molar-refractivity contribution in [1.29, 1.82) is 0 Å². The number of hydrogen-bond acceptors (Lipinski definition) is 2. The first kappa shape index (κ1) is 16.4. The quantitative estimate of drug-likeness (QED) is 0.446. The number of aliphatic carboxylic acids is 1. The number of carboxylic acid groups (broad SMARTS) is 1. The predicted molar refractivity (Wildman–Crippen MR) is 75.8 cm³/mol. The number of carbonyl (C=O) groups is 1. The van der Waals surface area contributed by atoms with E-state index >= 15 is 0 Å². The van der Waals surface area contributed by atoms with Gasteiger partial charge in [0.1, 0.15) is 0 Å². The van der Waals surface area contributed by atoms with Gasteiger partial charge in [-0.05, 0) is 12.0 Å². The molecular formula is C12H19N5O2. The molecule has 0 aliphatic heterocycles. The van der Waals surface area contributed by atoms with Crippen LogP contribution in [0.15, 0.2) is 40.3 Å². The summed E-state index contributed by atoms with van der Waals surface area (Å²) in [7, 11) is 0. The van der Waals surface area contributed by atoms with E-state index in [0.717, 1.165) is 13.3 Å². The van der Waals surface area contributed by atoms with E-state index in [0.29, 0.717) is 6.54 Å². The van der Waals surface area contributed by atoms with Crippen molar-refractivity contribution in [2.24, 2.45) is 27.2 Å². The molecule has 0 radical (unpaired) electrons. The number of nitrogens with zero attached hydrogens (tertiary/aromatic N) is 2. The highest BCUT2D eigenvalue weighted by molar-refractivity contribution is 5.92. The smallest absolute Gasteiger partial charge is 0.300 e. The summed E-state index contributed by atoms with van der Waals surface area (Å²) < 4.78 is 0. The maximum Gasteiger partial charge on any atom is 0.300 e. The molecule has 0 amide bonds. The maximum atomic E-state index is 9.00. The molecule has 0 heterocycles. The van der Waals surface area contributed by atoms with Crippen LogP contribution in [0.2, 0.25) is 0 Å². The molecule has 0 unspecified atom stereocenters. The average molecular weight is 265 g/mol. The molecule has 0 aliphatic rings. The summed E-state index contributed by atoms with van der Waals surface area (Å²) in [6.45, 7) is 1.66. The number of nitrogens with two attached hydrogens (primary N) is 3. The zero-order chi connectivity index (χ0) is 14.7. The van der Waals surface area contributed by atoms with Crippen LogP contribution in [0.4, 0.5) is 0 Å². The number of benzene rings is 1. The van der Waals surface area contributed by atoms with Crippen molar-refractivity contribution in [1.82, 2.24) is 0 Å². The minimum Gasteiger partial charge on any atom is -0.481 e. The molecule has 7 nitrogen and oxygen atoms in total. The molecule has 19 heavy (non-hydrogen) atoms. The molecule has 104 valence electrons. The van der Waals surface area contributed by atoms with E-state index in [-0.39, 0.29) is 11.9 Å². The Bertz CT molecular complexity index is 435. The summed E-state index contributed by atoms with van der Waals surface area (Å²) in [4.78, 5) is 16.6. The second kappa shape index (κ2) is 9.46. The molecule has 0 fully saturated rings. The predicted octanol–water partition coefficient (Wildman–Crippen LogP) is -0.0919. The Hall–Kier alpha value is -2.57. The van der Waals surface area contributed by atoms with E-state index in [4.69, 9.17) is 27.1 Å². The van der Waals surface area contributed by atoms with Crippen LogP contribution < -0.4 is 17.2 Å². The number of rotatable bonds is 3. The molecule has 0 saturated heterocycles. The number of aliphatic imine (C=N–C) groups is 2. The maximum absolute atomic E-state index is 9.00. The summed E-state index contributed by atoms with van der Waals surface area (Å²) in [6.07, 6.45) is 0.821. The third-order valence-electron chi connectivity index (χ3n) is 1.76.